The third-order valence-electron chi connectivity index (χ3n) is 5.43. The minimum Gasteiger partial charge on any atom is -0.327 e. The quantitative estimate of drug-likeness (QED) is 0.876. The Morgan fingerprint density at radius 2 is 2.08 bits per heavy atom. The van der Waals surface area contributed by atoms with Gasteiger partial charge in [0.2, 0.25) is 5.91 Å². The van der Waals surface area contributed by atoms with Crippen LogP contribution in [0.1, 0.15) is 29.7 Å². The highest BCUT2D eigenvalue weighted by Crippen LogP contribution is 2.48. The Morgan fingerprint density at radius 1 is 1.28 bits per heavy atom. The van der Waals surface area contributed by atoms with E-state index in [1.807, 2.05) is 0 Å². The number of carbonyl (C=O) groups is 1. The fourth-order valence-electron chi connectivity index (χ4n) is 4.21. The summed E-state index contributed by atoms with van der Waals surface area (Å²) in [5, 5.41) is 3.41. The molecule has 7 heteroatoms. The summed E-state index contributed by atoms with van der Waals surface area (Å²) < 4.78 is 26.3. The van der Waals surface area contributed by atoms with Crippen molar-refractivity contribution in [3.63, 3.8) is 0 Å². The van der Waals surface area contributed by atoms with Crippen molar-refractivity contribution in [3.8, 4) is 0 Å². The minimum absolute atomic E-state index is 0.0478. The molecule has 4 nitrogen and oxygen atoms in total. The second-order valence-corrected chi connectivity index (χ2v) is 8.10. The third kappa shape index (κ3) is 3.18. The molecule has 4 rings (SSSR count). The second kappa shape index (κ2) is 6.46. The van der Waals surface area contributed by atoms with Crippen molar-refractivity contribution in [1.29, 1.82) is 0 Å². The van der Waals surface area contributed by atoms with Gasteiger partial charge in [0.05, 0.1) is 5.92 Å². The van der Waals surface area contributed by atoms with Crippen molar-refractivity contribution >= 4 is 22.4 Å². The van der Waals surface area contributed by atoms with Crippen LogP contribution in [0.5, 0.6) is 0 Å². The van der Waals surface area contributed by atoms with Gasteiger partial charge in [0, 0.05) is 23.5 Å². The lowest BCUT2D eigenvalue weighted by Gasteiger charge is -2.26. The summed E-state index contributed by atoms with van der Waals surface area (Å²) in [6.45, 7) is 0. The highest BCUT2D eigenvalue weighted by Gasteiger charge is 2.49. The maximum atomic E-state index is 13.3. The molecule has 4 unspecified atom stereocenters. The van der Waals surface area contributed by atoms with E-state index in [2.05, 4.69) is 10.3 Å². The van der Waals surface area contributed by atoms with Gasteiger partial charge in [-0.05, 0) is 48.8 Å². The second-order valence-electron chi connectivity index (χ2n) is 6.98. The summed E-state index contributed by atoms with van der Waals surface area (Å²) in [6.07, 6.45) is 5.36. The summed E-state index contributed by atoms with van der Waals surface area (Å²) in [5.74, 6) is -1.03. The van der Waals surface area contributed by atoms with Crippen molar-refractivity contribution < 1.29 is 13.6 Å². The maximum absolute atomic E-state index is 13.3. The van der Waals surface area contributed by atoms with E-state index >= 15 is 0 Å². The van der Waals surface area contributed by atoms with E-state index in [1.165, 1.54) is 17.4 Å². The molecule has 1 aromatic carbocycles. The Morgan fingerprint density at radius 3 is 2.80 bits per heavy atom. The summed E-state index contributed by atoms with van der Waals surface area (Å²) in [4.78, 5) is 17.7. The Labute approximate surface area is 148 Å². The fraction of sp³-hybridized carbons (Fsp3) is 0.444. The molecule has 2 aliphatic carbocycles. The Bertz CT molecular complexity index is 807. The van der Waals surface area contributed by atoms with Crippen molar-refractivity contribution in [2.24, 2.45) is 23.5 Å². The lowest BCUT2D eigenvalue weighted by molar-refractivity contribution is -0.121. The number of nitrogens with zero attached hydrogens (tertiary/aromatic N) is 1. The average Bonchev–Trinajstić information content (AvgIpc) is 3.27. The summed E-state index contributed by atoms with van der Waals surface area (Å²) in [6, 6.07) is 3.79. The third-order valence-corrected chi connectivity index (χ3v) is 6.34. The zero-order chi connectivity index (χ0) is 17.6. The number of hydrogen-bond acceptors (Lipinski definition) is 4. The molecule has 0 saturated heterocycles. The summed E-state index contributed by atoms with van der Waals surface area (Å²) >= 11 is 1.35. The van der Waals surface area contributed by atoms with Gasteiger partial charge in [-0.2, -0.15) is 0 Å². The highest BCUT2D eigenvalue weighted by atomic mass is 32.1. The molecular weight excluding hydrogens is 344 g/mol. The van der Waals surface area contributed by atoms with Crippen molar-refractivity contribution in [2.45, 2.75) is 31.7 Å². The van der Waals surface area contributed by atoms with Gasteiger partial charge in [-0.3, -0.25) is 4.79 Å². The number of rotatable bonds is 4. The normalized spacial score (nSPS) is 27.6. The van der Waals surface area contributed by atoms with Crippen LogP contribution in [0.2, 0.25) is 0 Å². The fourth-order valence-corrected chi connectivity index (χ4v) is 5.06. The molecule has 0 aliphatic heterocycles. The van der Waals surface area contributed by atoms with Crippen LogP contribution in [-0.4, -0.2) is 16.9 Å². The zero-order valence-corrected chi connectivity index (χ0v) is 14.4. The van der Waals surface area contributed by atoms with Gasteiger partial charge in [-0.15, -0.1) is 11.3 Å². The molecule has 2 aliphatic rings. The Balaban J connectivity index is 1.41. The number of benzene rings is 1. The number of thiazole rings is 1. The van der Waals surface area contributed by atoms with Crippen molar-refractivity contribution in [1.82, 2.24) is 4.98 Å². The first-order valence-electron chi connectivity index (χ1n) is 8.46. The summed E-state index contributed by atoms with van der Waals surface area (Å²) in [5.41, 5.74) is 6.87. The highest BCUT2D eigenvalue weighted by molar-refractivity contribution is 7.15. The van der Waals surface area contributed by atoms with Crippen LogP contribution < -0.4 is 11.1 Å². The average molecular weight is 363 g/mol. The van der Waals surface area contributed by atoms with Gasteiger partial charge in [0.1, 0.15) is 0 Å². The molecule has 2 fully saturated rings. The molecule has 1 heterocycles. The standard InChI is InChI=1S/C18H19F2N3OS/c19-13-4-1-9(6-14(13)20)5-12-8-22-18(25-12)23-17(24)15-10-2-3-11(7-10)16(15)21/h1,4,6,8,10-11,15-16H,2-3,5,7,21H2,(H,22,23,24). The molecule has 1 aromatic heterocycles. The number of halogens is 2. The predicted molar refractivity (Wildman–Crippen MR) is 92.2 cm³/mol. The lowest BCUT2D eigenvalue weighted by atomic mass is 9.84. The van der Waals surface area contributed by atoms with Gasteiger partial charge >= 0.3 is 0 Å². The van der Waals surface area contributed by atoms with Crippen LogP contribution in [0.3, 0.4) is 0 Å². The molecule has 0 spiro atoms. The zero-order valence-electron chi connectivity index (χ0n) is 13.5. The molecule has 2 saturated carbocycles. The van der Waals surface area contributed by atoms with Crippen LogP contribution in [-0.2, 0) is 11.2 Å². The van der Waals surface area contributed by atoms with Gasteiger partial charge in [0.15, 0.2) is 16.8 Å². The molecule has 25 heavy (non-hydrogen) atoms. The number of hydrogen-bond donors (Lipinski definition) is 2. The van der Waals surface area contributed by atoms with Crippen molar-refractivity contribution in [2.75, 3.05) is 5.32 Å². The SMILES string of the molecule is NC1C2CCC(C2)C1C(=O)Nc1ncc(Cc2ccc(F)c(F)c2)s1. The smallest absolute Gasteiger partial charge is 0.231 e. The lowest BCUT2D eigenvalue weighted by Crippen LogP contribution is -2.42. The molecule has 2 bridgehead atoms. The van der Waals surface area contributed by atoms with E-state index in [0.717, 1.165) is 30.2 Å². The number of nitrogens with one attached hydrogen (secondary N) is 1. The van der Waals surface area contributed by atoms with Crippen LogP contribution in [0.4, 0.5) is 13.9 Å². The number of carbonyl (C=O) groups excluding carboxylic acids is 1. The number of nitrogens with two attached hydrogens (primary N) is 1. The molecule has 4 atom stereocenters. The minimum atomic E-state index is -0.860. The Hall–Kier alpha value is -1.86. The predicted octanol–water partition coefficient (Wildman–Crippen LogP) is 3.32. The first-order valence-corrected chi connectivity index (χ1v) is 9.28. The number of anilines is 1. The van der Waals surface area contributed by atoms with Gasteiger partial charge in [-0.1, -0.05) is 6.07 Å². The molecule has 2 aromatic rings. The van der Waals surface area contributed by atoms with Gasteiger partial charge in [0.25, 0.3) is 0 Å². The van der Waals surface area contributed by atoms with Crippen LogP contribution >= 0.6 is 11.3 Å². The molecule has 3 N–H and O–H groups in total. The van der Waals surface area contributed by atoms with E-state index in [0.29, 0.717) is 29.0 Å². The van der Waals surface area contributed by atoms with Crippen LogP contribution in [0.25, 0.3) is 0 Å². The van der Waals surface area contributed by atoms with E-state index in [9.17, 15) is 13.6 Å². The maximum Gasteiger partial charge on any atom is 0.231 e. The van der Waals surface area contributed by atoms with Gasteiger partial charge in [-0.25, -0.2) is 13.8 Å². The molecular formula is C18H19F2N3OS. The topological polar surface area (TPSA) is 68.0 Å². The monoisotopic (exact) mass is 363 g/mol. The first kappa shape index (κ1) is 16.6. The molecule has 0 radical (unpaired) electrons. The number of fused-ring (bicyclic) bond motifs is 2. The molecule has 132 valence electrons. The number of amides is 1. The van der Waals surface area contributed by atoms with Crippen molar-refractivity contribution in [3.05, 3.63) is 46.5 Å². The first-order chi connectivity index (χ1) is 12.0. The summed E-state index contributed by atoms with van der Waals surface area (Å²) in [7, 11) is 0. The van der Waals surface area contributed by atoms with E-state index < -0.39 is 11.6 Å². The Kier molecular flexibility index (Phi) is 4.29. The van der Waals surface area contributed by atoms with E-state index in [-0.39, 0.29) is 17.9 Å². The largest absolute Gasteiger partial charge is 0.327 e. The van der Waals surface area contributed by atoms with E-state index in [1.54, 1.807) is 12.3 Å². The van der Waals surface area contributed by atoms with E-state index in [4.69, 9.17) is 5.73 Å². The molecule has 1 amide bonds. The van der Waals surface area contributed by atoms with Crippen LogP contribution in [0.15, 0.2) is 24.4 Å². The van der Waals surface area contributed by atoms with Gasteiger partial charge < -0.3 is 11.1 Å². The number of aromatic nitrogens is 1. The van der Waals surface area contributed by atoms with Crippen LogP contribution in [0, 0.1) is 29.4 Å².